The highest BCUT2D eigenvalue weighted by atomic mass is 19.4. The van der Waals surface area contributed by atoms with Gasteiger partial charge in [-0.25, -0.2) is 4.39 Å². The highest BCUT2D eigenvalue weighted by molar-refractivity contribution is 6.02. The first-order chi connectivity index (χ1) is 15.7. The number of halogens is 4. The molecular formula is C25H19F4NO3. The van der Waals surface area contributed by atoms with Crippen LogP contribution in [0.15, 0.2) is 54.6 Å². The number of fused-ring (bicyclic) bond motifs is 1. The summed E-state index contributed by atoms with van der Waals surface area (Å²) < 4.78 is 64.0. The summed E-state index contributed by atoms with van der Waals surface area (Å²) in [6.45, 7) is 1.87. The number of alkyl halides is 3. The highest BCUT2D eigenvalue weighted by Gasteiger charge is 2.51. The van der Waals surface area contributed by atoms with E-state index < -0.39 is 23.0 Å². The largest absolute Gasteiger partial charge is 0.454 e. The lowest BCUT2D eigenvalue weighted by Crippen LogP contribution is -2.27. The fourth-order valence-corrected chi connectivity index (χ4v) is 4.12. The molecule has 1 heterocycles. The van der Waals surface area contributed by atoms with E-state index in [1.165, 1.54) is 0 Å². The monoisotopic (exact) mass is 457 g/mol. The summed E-state index contributed by atoms with van der Waals surface area (Å²) in [5.74, 6) is 0.0539. The second-order valence-corrected chi connectivity index (χ2v) is 8.33. The summed E-state index contributed by atoms with van der Waals surface area (Å²) in [7, 11) is 0. The number of anilines is 1. The van der Waals surface area contributed by atoms with Gasteiger partial charge in [-0.1, -0.05) is 18.2 Å². The normalized spacial score (nSPS) is 15.9. The minimum atomic E-state index is -4.63. The molecule has 4 nitrogen and oxygen atoms in total. The Bertz CT molecular complexity index is 1260. The average Bonchev–Trinajstić information content (AvgIpc) is 3.45. The summed E-state index contributed by atoms with van der Waals surface area (Å²) in [5, 5.41) is 2.89. The summed E-state index contributed by atoms with van der Waals surface area (Å²) in [6.07, 6.45) is -3.28. The minimum Gasteiger partial charge on any atom is -0.454 e. The number of rotatable bonds is 4. The maximum Gasteiger partial charge on any atom is 0.416 e. The molecule has 1 saturated carbocycles. The van der Waals surface area contributed by atoms with Crippen LogP contribution in [0.1, 0.15) is 29.5 Å². The number of benzene rings is 3. The third kappa shape index (κ3) is 3.79. The number of aryl methyl sites for hydroxylation is 1. The molecule has 2 aliphatic rings. The third-order valence-electron chi connectivity index (χ3n) is 6.19. The molecule has 1 amide bonds. The zero-order valence-corrected chi connectivity index (χ0v) is 17.6. The topological polar surface area (TPSA) is 47.6 Å². The van der Waals surface area contributed by atoms with E-state index in [1.807, 2.05) is 12.1 Å². The van der Waals surface area contributed by atoms with Crippen LogP contribution in [0.25, 0.3) is 11.1 Å². The summed E-state index contributed by atoms with van der Waals surface area (Å²) in [6, 6.07) is 12.8. The Kier molecular flexibility index (Phi) is 4.84. The van der Waals surface area contributed by atoms with E-state index in [0.717, 1.165) is 17.7 Å². The number of nitrogens with one attached hydrogen (secondary N) is 1. The van der Waals surface area contributed by atoms with Gasteiger partial charge in [-0.05, 0) is 72.9 Å². The van der Waals surface area contributed by atoms with Crippen LogP contribution in [0.4, 0.5) is 23.2 Å². The molecule has 1 fully saturated rings. The molecule has 3 aromatic rings. The Hall–Kier alpha value is -3.55. The van der Waals surface area contributed by atoms with E-state index in [-0.39, 0.29) is 18.3 Å². The Labute approximate surface area is 187 Å². The van der Waals surface area contributed by atoms with Crippen molar-refractivity contribution in [3.05, 3.63) is 77.1 Å². The van der Waals surface area contributed by atoms with Gasteiger partial charge in [0, 0.05) is 11.3 Å². The second-order valence-electron chi connectivity index (χ2n) is 8.33. The van der Waals surface area contributed by atoms with Crippen molar-refractivity contribution < 1.29 is 31.8 Å². The zero-order valence-electron chi connectivity index (χ0n) is 17.6. The van der Waals surface area contributed by atoms with Crippen LogP contribution < -0.4 is 14.8 Å². The van der Waals surface area contributed by atoms with Crippen molar-refractivity contribution in [3.63, 3.8) is 0 Å². The maximum absolute atomic E-state index is 14.6. The van der Waals surface area contributed by atoms with Gasteiger partial charge in [0.05, 0.1) is 11.0 Å². The molecule has 5 rings (SSSR count). The molecule has 1 aliphatic carbocycles. The lowest BCUT2D eigenvalue weighted by Gasteiger charge is -2.18. The van der Waals surface area contributed by atoms with Crippen LogP contribution in [0.2, 0.25) is 0 Å². The van der Waals surface area contributed by atoms with Crippen molar-refractivity contribution in [1.82, 2.24) is 0 Å². The van der Waals surface area contributed by atoms with Gasteiger partial charge in [-0.15, -0.1) is 0 Å². The Morgan fingerprint density at radius 1 is 0.939 bits per heavy atom. The van der Waals surface area contributed by atoms with Crippen LogP contribution >= 0.6 is 0 Å². The second kappa shape index (κ2) is 7.50. The lowest BCUT2D eigenvalue weighted by atomic mass is 9.94. The fraction of sp³-hybridized carbons (Fsp3) is 0.240. The van der Waals surface area contributed by atoms with Crippen molar-refractivity contribution in [3.8, 4) is 22.6 Å². The molecule has 0 saturated heterocycles. The van der Waals surface area contributed by atoms with E-state index in [0.29, 0.717) is 47.2 Å². The van der Waals surface area contributed by atoms with Crippen molar-refractivity contribution in [1.29, 1.82) is 0 Å². The van der Waals surface area contributed by atoms with Crippen LogP contribution in [-0.4, -0.2) is 12.7 Å². The number of carbonyl (C=O) groups is 1. The van der Waals surface area contributed by atoms with Gasteiger partial charge < -0.3 is 14.8 Å². The van der Waals surface area contributed by atoms with Crippen molar-refractivity contribution in [2.24, 2.45) is 0 Å². The lowest BCUT2D eigenvalue weighted by molar-refractivity contribution is -0.137. The van der Waals surface area contributed by atoms with E-state index in [2.05, 4.69) is 5.32 Å². The predicted octanol–water partition coefficient (Wildman–Crippen LogP) is 6.22. The Balaban J connectivity index is 1.42. The number of hydrogen-bond acceptors (Lipinski definition) is 3. The molecular weight excluding hydrogens is 438 g/mol. The molecule has 1 N–H and O–H groups in total. The minimum absolute atomic E-state index is 0.0357. The molecule has 3 aromatic carbocycles. The maximum atomic E-state index is 14.6. The molecule has 0 spiro atoms. The van der Waals surface area contributed by atoms with Gasteiger partial charge >= 0.3 is 6.18 Å². The van der Waals surface area contributed by atoms with E-state index in [9.17, 15) is 22.4 Å². The molecule has 8 heteroatoms. The summed E-state index contributed by atoms with van der Waals surface area (Å²) in [5.41, 5.74) is 0.637. The standard InChI is InChI=1S/C25H19F4NO3/c1-14-2-5-17(12-19(14)18-6-3-16(10-20(18)26)25(27,28)29)30-23(31)24(8-9-24)15-4-7-21-22(11-15)33-13-32-21/h2-7,10-12H,8-9,13H2,1H3,(H,30,31). The first-order valence-electron chi connectivity index (χ1n) is 10.4. The average molecular weight is 457 g/mol. The number of amides is 1. The van der Waals surface area contributed by atoms with Gasteiger partial charge in [-0.2, -0.15) is 13.2 Å². The smallest absolute Gasteiger partial charge is 0.416 e. The van der Waals surface area contributed by atoms with Crippen LogP contribution in [0, 0.1) is 12.7 Å². The van der Waals surface area contributed by atoms with E-state index in [1.54, 1.807) is 31.2 Å². The summed E-state index contributed by atoms with van der Waals surface area (Å²) in [4.78, 5) is 13.2. The first kappa shape index (κ1) is 21.3. The number of hydrogen-bond donors (Lipinski definition) is 1. The fourth-order valence-electron chi connectivity index (χ4n) is 4.12. The molecule has 0 atom stereocenters. The predicted molar refractivity (Wildman–Crippen MR) is 114 cm³/mol. The molecule has 1 aliphatic heterocycles. The van der Waals surface area contributed by atoms with Gasteiger partial charge in [0.15, 0.2) is 11.5 Å². The van der Waals surface area contributed by atoms with Crippen molar-refractivity contribution in [2.45, 2.75) is 31.4 Å². The van der Waals surface area contributed by atoms with Gasteiger partial charge in [0.1, 0.15) is 5.82 Å². The zero-order chi connectivity index (χ0) is 23.4. The highest BCUT2D eigenvalue weighted by Crippen LogP contribution is 2.51. The van der Waals surface area contributed by atoms with Crippen LogP contribution in [0.3, 0.4) is 0 Å². The first-order valence-corrected chi connectivity index (χ1v) is 10.4. The molecule has 170 valence electrons. The van der Waals surface area contributed by atoms with Crippen LogP contribution in [0.5, 0.6) is 11.5 Å². The van der Waals surface area contributed by atoms with Crippen LogP contribution in [-0.2, 0) is 16.4 Å². The molecule has 0 aromatic heterocycles. The Morgan fingerprint density at radius 2 is 1.70 bits per heavy atom. The summed E-state index contributed by atoms with van der Waals surface area (Å²) >= 11 is 0. The quantitative estimate of drug-likeness (QED) is 0.474. The van der Waals surface area contributed by atoms with E-state index in [4.69, 9.17) is 9.47 Å². The number of ether oxygens (including phenoxy) is 2. The Morgan fingerprint density at radius 3 is 2.39 bits per heavy atom. The number of carbonyl (C=O) groups excluding carboxylic acids is 1. The third-order valence-corrected chi connectivity index (χ3v) is 6.19. The van der Waals surface area contributed by atoms with Crippen molar-refractivity contribution >= 4 is 11.6 Å². The SMILES string of the molecule is Cc1ccc(NC(=O)C2(c3ccc4c(c3)OCO4)CC2)cc1-c1ccc(C(F)(F)F)cc1F. The van der Waals surface area contributed by atoms with E-state index >= 15 is 0 Å². The molecule has 0 bridgehead atoms. The molecule has 33 heavy (non-hydrogen) atoms. The molecule has 0 radical (unpaired) electrons. The van der Waals surface area contributed by atoms with Gasteiger partial charge in [0.25, 0.3) is 0 Å². The van der Waals surface area contributed by atoms with Gasteiger partial charge in [-0.3, -0.25) is 4.79 Å². The molecule has 0 unspecified atom stereocenters. The van der Waals surface area contributed by atoms with Crippen molar-refractivity contribution in [2.75, 3.05) is 12.1 Å². The van der Waals surface area contributed by atoms with Gasteiger partial charge in [0.2, 0.25) is 12.7 Å².